The molecule has 6 heteroatoms. The van der Waals surface area contributed by atoms with Crippen LogP contribution in [0.15, 0.2) is 12.1 Å². The zero-order chi connectivity index (χ0) is 11.6. The molecule has 80 valence electrons. The fourth-order valence-corrected chi connectivity index (χ4v) is 1.63. The molecule has 0 spiro atoms. The van der Waals surface area contributed by atoms with Gasteiger partial charge in [-0.3, -0.25) is 4.79 Å². The molecule has 1 amide bonds. The van der Waals surface area contributed by atoms with E-state index in [0.29, 0.717) is 3.57 Å². The topological polar surface area (TPSA) is 66.4 Å². The first kappa shape index (κ1) is 11.9. The van der Waals surface area contributed by atoms with Crippen LogP contribution in [-0.4, -0.2) is 17.0 Å². The fraction of sp³-hybridized carbons (Fsp3) is 0.111. The average molecular weight is 323 g/mol. The molecule has 0 radical (unpaired) electrons. The molecule has 0 aromatic heterocycles. The van der Waals surface area contributed by atoms with Crippen LogP contribution >= 0.6 is 22.6 Å². The van der Waals surface area contributed by atoms with Gasteiger partial charge in [-0.1, -0.05) is 0 Å². The van der Waals surface area contributed by atoms with Crippen molar-refractivity contribution in [1.82, 2.24) is 0 Å². The molecular weight excluding hydrogens is 316 g/mol. The van der Waals surface area contributed by atoms with Crippen LogP contribution in [0.1, 0.15) is 17.3 Å². The molecule has 1 rings (SSSR count). The molecule has 0 aliphatic rings. The summed E-state index contributed by atoms with van der Waals surface area (Å²) in [6.45, 7) is 1.18. The molecule has 4 nitrogen and oxygen atoms in total. The third kappa shape index (κ3) is 2.88. The molecule has 0 saturated heterocycles. The number of aromatic carboxylic acids is 1. The van der Waals surface area contributed by atoms with Crippen molar-refractivity contribution in [2.75, 3.05) is 5.32 Å². The maximum Gasteiger partial charge on any atom is 0.337 e. The number of hydrogen-bond donors (Lipinski definition) is 2. The monoisotopic (exact) mass is 323 g/mol. The summed E-state index contributed by atoms with van der Waals surface area (Å²) in [6, 6.07) is 2.44. The summed E-state index contributed by atoms with van der Waals surface area (Å²) in [7, 11) is 0. The lowest BCUT2D eigenvalue weighted by molar-refractivity contribution is -0.114. The van der Waals surface area contributed by atoms with E-state index in [9.17, 15) is 14.0 Å². The lowest BCUT2D eigenvalue weighted by Crippen LogP contribution is -2.13. The molecule has 1 aromatic carbocycles. The van der Waals surface area contributed by atoms with E-state index in [1.807, 2.05) is 0 Å². The molecule has 2 N–H and O–H groups in total. The molecular formula is C9H7FINO3. The normalized spacial score (nSPS) is 9.80. The first-order chi connectivity index (χ1) is 6.91. The Bertz CT molecular complexity index is 434. The number of carbonyl (C=O) groups is 2. The van der Waals surface area contributed by atoms with Gasteiger partial charge in [-0.05, 0) is 34.7 Å². The highest BCUT2D eigenvalue weighted by molar-refractivity contribution is 14.1. The van der Waals surface area contributed by atoms with E-state index >= 15 is 0 Å². The fourth-order valence-electron chi connectivity index (χ4n) is 1.05. The lowest BCUT2D eigenvalue weighted by atomic mass is 10.1. The van der Waals surface area contributed by atoms with Crippen molar-refractivity contribution in [3.63, 3.8) is 0 Å². The molecule has 0 aliphatic carbocycles. The van der Waals surface area contributed by atoms with Crippen LogP contribution in [0.3, 0.4) is 0 Å². The Morgan fingerprint density at radius 1 is 1.47 bits per heavy atom. The summed E-state index contributed by atoms with van der Waals surface area (Å²) in [5.41, 5.74) is -0.551. The highest BCUT2D eigenvalue weighted by atomic mass is 127. The Labute approximate surface area is 98.6 Å². The van der Waals surface area contributed by atoms with Crippen molar-refractivity contribution in [2.24, 2.45) is 0 Å². The van der Waals surface area contributed by atoms with Crippen LogP contribution < -0.4 is 5.32 Å². The van der Waals surface area contributed by atoms with Gasteiger partial charge in [0, 0.05) is 10.5 Å². The molecule has 0 unspecified atom stereocenters. The minimum Gasteiger partial charge on any atom is -0.478 e. The van der Waals surface area contributed by atoms with Crippen molar-refractivity contribution in [3.8, 4) is 0 Å². The van der Waals surface area contributed by atoms with Crippen molar-refractivity contribution in [2.45, 2.75) is 6.92 Å². The van der Waals surface area contributed by atoms with Crippen LogP contribution in [-0.2, 0) is 4.79 Å². The van der Waals surface area contributed by atoms with Gasteiger partial charge in [-0.2, -0.15) is 0 Å². The van der Waals surface area contributed by atoms with Crippen molar-refractivity contribution < 1.29 is 19.1 Å². The van der Waals surface area contributed by atoms with E-state index in [-0.39, 0.29) is 11.3 Å². The predicted octanol–water partition coefficient (Wildman–Crippen LogP) is 2.09. The number of anilines is 1. The van der Waals surface area contributed by atoms with Crippen LogP contribution in [0.25, 0.3) is 0 Å². The van der Waals surface area contributed by atoms with Gasteiger partial charge in [0.05, 0.1) is 11.3 Å². The van der Waals surface area contributed by atoms with Crippen molar-refractivity contribution >= 4 is 40.2 Å². The van der Waals surface area contributed by atoms with Crippen LogP contribution in [0.4, 0.5) is 10.1 Å². The summed E-state index contributed by atoms with van der Waals surface area (Å²) in [6.07, 6.45) is 0. The minimum absolute atomic E-state index is 0.255. The molecule has 15 heavy (non-hydrogen) atoms. The highest BCUT2D eigenvalue weighted by Crippen LogP contribution is 2.23. The molecule has 0 heterocycles. The first-order valence-electron chi connectivity index (χ1n) is 3.91. The van der Waals surface area contributed by atoms with Crippen molar-refractivity contribution in [3.05, 3.63) is 27.1 Å². The number of benzene rings is 1. The maximum atomic E-state index is 13.3. The summed E-state index contributed by atoms with van der Waals surface area (Å²) < 4.78 is 13.8. The van der Waals surface area contributed by atoms with Gasteiger partial charge in [0.2, 0.25) is 5.91 Å². The molecule has 0 bridgehead atoms. The number of carboxylic acid groups (broad SMARTS) is 1. The zero-order valence-electron chi connectivity index (χ0n) is 7.67. The zero-order valence-corrected chi connectivity index (χ0v) is 9.83. The van der Waals surface area contributed by atoms with E-state index in [2.05, 4.69) is 5.32 Å². The second kappa shape index (κ2) is 4.56. The molecule has 0 fully saturated rings. The largest absolute Gasteiger partial charge is 0.478 e. The lowest BCUT2D eigenvalue weighted by Gasteiger charge is -2.08. The molecule has 0 saturated carbocycles. The number of amides is 1. The van der Waals surface area contributed by atoms with Gasteiger partial charge in [0.1, 0.15) is 5.82 Å². The van der Waals surface area contributed by atoms with Gasteiger partial charge in [0.25, 0.3) is 0 Å². The van der Waals surface area contributed by atoms with Gasteiger partial charge in [-0.15, -0.1) is 0 Å². The number of carbonyl (C=O) groups excluding carboxylic acids is 1. The Balaban J connectivity index is 3.33. The number of nitrogens with one attached hydrogen (secondary N) is 1. The summed E-state index contributed by atoms with van der Waals surface area (Å²) in [5, 5.41) is 11.0. The number of halogens is 2. The van der Waals surface area contributed by atoms with E-state index in [1.54, 1.807) is 22.6 Å². The van der Waals surface area contributed by atoms with Crippen LogP contribution in [0.5, 0.6) is 0 Å². The SMILES string of the molecule is CC(=O)Nc1c(F)cc(I)cc1C(=O)O. The number of hydrogen-bond acceptors (Lipinski definition) is 2. The molecule has 0 aliphatic heterocycles. The highest BCUT2D eigenvalue weighted by Gasteiger charge is 2.16. The molecule has 1 aromatic rings. The van der Waals surface area contributed by atoms with E-state index in [0.717, 1.165) is 6.07 Å². The molecule has 0 atom stereocenters. The van der Waals surface area contributed by atoms with Crippen LogP contribution in [0.2, 0.25) is 0 Å². The minimum atomic E-state index is -1.28. The third-order valence-corrected chi connectivity index (χ3v) is 2.21. The Morgan fingerprint density at radius 2 is 2.07 bits per heavy atom. The van der Waals surface area contributed by atoms with Crippen molar-refractivity contribution in [1.29, 1.82) is 0 Å². The maximum absolute atomic E-state index is 13.3. The van der Waals surface area contributed by atoms with E-state index in [4.69, 9.17) is 5.11 Å². The smallest absolute Gasteiger partial charge is 0.337 e. The second-order valence-corrected chi connectivity index (χ2v) is 4.04. The van der Waals surface area contributed by atoms with E-state index in [1.165, 1.54) is 13.0 Å². The summed E-state index contributed by atoms with van der Waals surface area (Å²) >= 11 is 1.80. The average Bonchev–Trinajstić information content (AvgIpc) is 2.08. The predicted molar refractivity (Wildman–Crippen MR) is 60.4 cm³/mol. The van der Waals surface area contributed by atoms with Crippen LogP contribution in [0, 0.1) is 9.39 Å². The summed E-state index contributed by atoms with van der Waals surface area (Å²) in [5.74, 6) is -2.55. The Morgan fingerprint density at radius 3 is 2.53 bits per heavy atom. The van der Waals surface area contributed by atoms with E-state index < -0.39 is 17.7 Å². The third-order valence-electron chi connectivity index (χ3n) is 1.59. The second-order valence-electron chi connectivity index (χ2n) is 2.80. The Kier molecular flexibility index (Phi) is 3.61. The number of carboxylic acids is 1. The van der Waals surface area contributed by atoms with Gasteiger partial charge in [0.15, 0.2) is 0 Å². The Hall–Kier alpha value is -1.18. The van der Waals surface area contributed by atoms with Gasteiger partial charge >= 0.3 is 5.97 Å². The quantitative estimate of drug-likeness (QED) is 0.819. The van der Waals surface area contributed by atoms with Gasteiger partial charge in [-0.25, -0.2) is 9.18 Å². The summed E-state index contributed by atoms with van der Waals surface area (Å²) in [4.78, 5) is 21.5. The standard InChI is InChI=1S/C9H7FINO3/c1-4(13)12-8-6(9(14)15)2-5(11)3-7(8)10/h2-3H,1H3,(H,12,13)(H,14,15). The number of rotatable bonds is 2. The van der Waals surface area contributed by atoms with Gasteiger partial charge < -0.3 is 10.4 Å². The first-order valence-corrected chi connectivity index (χ1v) is 4.99.